The van der Waals surface area contributed by atoms with Crippen molar-refractivity contribution < 1.29 is 14.7 Å². The predicted molar refractivity (Wildman–Crippen MR) is 80.2 cm³/mol. The third kappa shape index (κ3) is 4.18. The molecule has 2 aromatic carbocycles. The van der Waals surface area contributed by atoms with E-state index in [4.69, 9.17) is 0 Å². The van der Waals surface area contributed by atoms with Crippen LogP contribution in [0.3, 0.4) is 0 Å². The van der Waals surface area contributed by atoms with Gasteiger partial charge in [0, 0.05) is 12.1 Å². The highest BCUT2D eigenvalue weighted by molar-refractivity contribution is 5.94. The second kappa shape index (κ2) is 7.24. The van der Waals surface area contributed by atoms with Gasteiger partial charge in [0.2, 0.25) is 0 Å². The third-order valence-electron chi connectivity index (χ3n) is 3.25. The van der Waals surface area contributed by atoms with Crippen LogP contribution in [0.1, 0.15) is 28.3 Å². The lowest BCUT2D eigenvalue weighted by molar-refractivity contribution is -0.138. The number of carboxylic acids is 1. The van der Waals surface area contributed by atoms with Crippen molar-refractivity contribution in [1.82, 2.24) is 5.32 Å². The summed E-state index contributed by atoms with van der Waals surface area (Å²) in [6, 6.07) is 17.9. The van der Waals surface area contributed by atoms with Crippen molar-refractivity contribution in [3.63, 3.8) is 0 Å². The topological polar surface area (TPSA) is 66.4 Å². The van der Waals surface area contributed by atoms with Gasteiger partial charge >= 0.3 is 5.97 Å². The molecular formula is C17H17NO3. The minimum absolute atomic E-state index is 0.187. The molecule has 1 amide bonds. The van der Waals surface area contributed by atoms with Crippen LogP contribution < -0.4 is 5.32 Å². The molecule has 0 saturated heterocycles. The number of benzene rings is 2. The van der Waals surface area contributed by atoms with Crippen molar-refractivity contribution in [3.8, 4) is 0 Å². The molecule has 0 heterocycles. The van der Waals surface area contributed by atoms with Crippen LogP contribution in [0.15, 0.2) is 60.7 Å². The van der Waals surface area contributed by atoms with Crippen LogP contribution in [0.25, 0.3) is 0 Å². The second-order valence-corrected chi connectivity index (χ2v) is 4.71. The maximum Gasteiger partial charge on any atom is 0.311 e. The van der Waals surface area contributed by atoms with Crippen molar-refractivity contribution in [1.29, 1.82) is 0 Å². The Kier molecular flexibility index (Phi) is 5.10. The molecule has 2 rings (SSSR count). The molecular weight excluding hydrogens is 266 g/mol. The summed E-state index contributed by atoms with van der Waals surface area (Å²) in [7, 11) is 0. The summed E-state index contributed by atoms with van der Waals surface area (Å²) in [4.78, 5) is 23.2. The minimum atomic E-state index is -0.879. The first-order chi connectivity index (χ1) is 10.2. The molecule has 108 valence electrons. The second-order valence-electron chi connectivity index (χ2n) is 4.71. The molecule has 0 aliphatic heterocycles. The summed E-state index contributed by atoms with van der Waals surface area (Å²) in [5.41, 5.74) is 1.32. The molecule has 0 fully saturated rings. The maximum atomic E-state index is 11.9. The first-order valence-corrected chi connectivity index (χ1v) is 6.79. The molecule has 1 unspecified atom stereocenters. The van der Waals surface area contributed by atoms with E-state index >= 15 is 0 Å². The number of amides is 1. The number of carbonyl (C=O) groups is 2. The highest BCUT2D eigenvalue weighted by Gasteiger charge is 2.19. The van der Waals surface area contributed by atoms with Crippen LogP contribution in [0, 0.1) is 0 Å². The van der Waals surface area contributed by atoms with Gasteiger partial charge in [-0.25, -0.2) is 0 Å². The third-order valence-corrected chi connectivity index (χ3v) is 3.25. The van der Waals surface area contributed by atoms with E-state index < -0.39 is 11.9 Å². The molecule has 0 radical (unpaired) electrons. The Morgan fingerprint density at radius 2 is 1.52 bits per heavy atom. The van der Waals surface area contributed by atoms with Crippen LogP contribution in [-0.2, 0) is 4.79 Å². The van der Waals surface area contributed by atoms with Gasteiger partial charge in [0.15, 0.2) is 0 Å². The van der Waals surface area contributed by atoms with E-state index in [0.717, 1.165) is 5.56 Å². The van der Waals surface area contributed by atoms with Crippen LogP contribution in [0.5, 0.6) is 0 Å². The minimum Gasteiger partial charge on any atom is -0.481 e. The number of carboxylic acid groups (broad SMARTS) is 1. The van der Waals surface area contributed by atoms with Gasteiger partial charge in [-0.3, -0.25) is 9.59 Å². The van der Waals surface area contributed by atoms with Crippen LogP contribution >= 0.6 is 0 Å². The average Bonchev–Trinajstić information content (AvgIpc) is 2.52. The van der Waals surface area contributed by atoms with E-state index in [1.807, 2.05) is 24.3 Å². The number of carbonyl (C=O) groups excluding carboxylic acids is 1. The lowest BCUT2D eigenvalue weighted by atomic mass is 9.96. The molecule has 0 aliphatic carbocycles. The standard InChI is InChI=1S/C17H17NO3/c19-16(14-9-5-2-6-10-14)18-12-11-15(17(20)21)13-7-3-1-4-8-13/h1-10,15H,11-12H2,(H,18,19)(H,20,21). The molecule has 4 heteroatoms. The summed E-state index contributed by atoms with van der Waals surface area (Å²) < 4.78 is 0. The molecule has 2 N–H and O–H groups in total. The zero-order valence-electron chi connectivity index (χ0n) is 11.5. The Morgan fingerprint density at radius 3 is 2.10 bits per heavy atom. The highest BCUT2D eigenvalue weighted by atomic mass is 16.4. The lowest BCUT2D eigenvalue weighted by Crippen LogP contribution is -2.27. The fraction of sp³-hybridized carbons (Fsp3) is 0.176. The Bertz CT molecular complexity index is 596. The SMILES string of the molecule is O=C(NCCC(C(=O)O)c1ccccc1)c1ccccc1. The van der Waals surface area contributed by atoms with Gasteiger partial charge in [0.25, 0.3) is 5.91 Å². The lowest BCUT2D eigenvalue weighted by Gasteiger charge is -2.13. The monoisotopic (exact) mass is 283 g/mol. The van der Waals surface area contributed by atoms with Gasteiger partial charge < -0.3 is 10.4 Å². The quantitative estimate of drug-likeness (QED) is 0.856. The van der Waals surface area contributed by atoms with Crippen LogP contribution in [-0.4, -0.2) is 23.5 Å². The fourth-order valence-corrected chi connectivity index (χ4v) is 2.14. The first kappa shape index (κ1) is 14.8. The van der Waals surface area contributed by atoms with Gasteiger partial charge in [0.05, 0.1) is 5.92 Å². The summed E-state index contributed by atoms with van der Waals surface area (Å²) in [5, 5.41) is 12.0. The van der Waals surface area contributed by atoms with E-state index in [0.29, 0.717) is 18.5 Å². The number of aliphatic carboxylic acids is 1. The van der Waals surface area contributed by atoms with Gasteiger partial charge in [0.1, 0.15) is 0 Å². The van der Waals surface area contributed by atoms with Crippen molar-refractivity contribution >= 4 is 11.9 Å². The Morgan fingerprint density at radius 1 is 0.952 bits per heavy atom. The first-order valence-electron chi connectivity index (χ1n) is 6.79. The summed E-state index contributed by atoms with van der Waals surface area (Å²) in [6.45, 7) is 0.319. The van der Waals surface area contributed by atoms with Crippen molar-refractivity contribution in [2.45, 2.75) is 12.3 Å². The largest absolute Gasteiger partial charge is 0.481 e. The van der Waals surface area contributed by atoms with Crippen molar-refractivity contribution in [2.75, 3.05) is 6.54 Å². The predicted octanol–water partition coefficient (Wildman–Crippen LogP) is 2.67. The zero-order chi connectivity index (χ0) is 15.1. The summed E-state index contributed by atoms with van der Waals surface area (Å²) in [6.07, 6.45) is 0.359. The summed E-state index contributed by atoms with van der Waals surface area (Å²) in [5.74, 6) is -1.68. The van der Waals surface area contributed by atoms with Crippen molar-refractivity contribution in [2.24, 2.45) is 0 Å². The van der Waals surface area contributed by atoms with Gasteiger partial charge in [-0.05, 0) is 24.1 Å². The molecule has 2 aromatic rings. The van der Waals surface area contributed by atoms with E-state index in [1.54, 1.807) is 36.4 Å². The maximum absolute atomic E-state index is 11.9. The molecule has 4 nitrogen and oxygen atoms in total. The van der Waals surface area contributed by atoms with E-state index in [2.05, 4.69) is 5.32 Å². The average molecular weight is 283 g/mol. The summed E-state index contributed by atoms with van der Waals surface area (Å²) >= 11 is 0. The molecule has 0 spiro atoms. The van der Waals surface area contributed by atoms with Crippen LogP contribution in [0.2, 0.25) is 0 Å². The van der Waals surface area contributed by atoms with Gasteiger partial charge in [-0.2, -0.15) is 0 Å². The van der Waals surface area contributed by atoms with E-state index in [9.17, 15) is 14.7 Å². The fourth-order valence-electron chi connectivity index (χ4n) is 2.14. The number of hydrogen-bond acceptors (Lipinski definition) is 2. The molecule has 1 atom stereocenters. The number of rotatable bonds is 6. The molecule has 0 aliphatic rings. The Labute approximate surface area is 123 Å². The normalized spacial score (nSPS) is 11.6. The molecule has 0 aromatic heterocycles. The van der Waals surface area contributed by atoms with E-state index in [1.165, 1.54) is 0 Å². The molecule has 0 saturated carbocycles. The molecule has 21 heavy (non-hydrogen) atoms. The highest BCUT2D eigenvalue weighted by Crippen LogP contribution is 2.19. The molecule has 0 bridgehead atoms. The van der Waals surface area contributed by atoms with Gasteiger partial charge in [-0.15, -0.1) is 0 Å². The number of nitrogens with one attached hydrogen (secondary N) is 1. The smallest absolute Gasteiger partial charge is 0.311 e. The van der Waals surface area contributed by atoms with E-state index in [-0.39, 0.29) is 5.91 Å². The zero-order valence-corrected chi connectivity index (χ0v) is 11.5. The Hall–Kier alpha value is -2.62. The van der Waals surface area contributed by atoms with Crippen molar-refractivity contribution in [3.05, 3.63) is 71.8 Å². The number of hydrogen-bond donors (Lipinski definition) is 2. The van der Waals surface area contributed by atoms with Crippen LogP contribution in [0.4, 0.5) is 0 Å². The van der Waals surface area contributed by atoms with Gasteiger partial charge in [-0.1, -0.05) is 48.5 Å². The Balaban J connectivity index is 1.92.